The molecule has 0 aliphatic rings. The summed E-state index contributed by atoms with van der Waals surface area (Å²) in [6.07, 6.45) is 0. The lowest BCUT2D eigenvalue weighted by molar-refractivity contribution is 0.0513. The minimum Gasteiger partial charge on any atom is -0.462 e. The van der Waals surface area contributed by atoms with Crippen molar-refractivity contribution < 1.29 is 19.1 Å². The molecule has 0 spiro atoms. The van der Waals surface area contributed by atoms with Crippen molar-refractivity contribution >= 4 is 34.6 Å². The van der Waals surface area contributed by atoms with Crippen molar-refractivity contribution in [2.75, 3.05) is 13.2 Å². The second-order valence-electron chi connectivity index (χ2n) is 6.36. The number of rotatable bonds is 6. The van der Waals surface area contributed by atoms with Gasteiger partial charge in [0.15, 0.2) is 0 Å². The monoisotopic (exact) mass is 414 g/mol. The highest BCUT2D eigenvalue weighted by Gasteiger charge is 2.23. The van der Waals surface area contributed by atoms with E-state index in [9.17, 15) is 9.59 Å². The average Bonchev–Trinajstić information content (AvgIpc) is 3.29. The number of ether oxygens (including phenoxy) is 2. The maximum Gasteiger partial charge on any atom is 0.338 e. The molecule has 6 heteroatoms. The van der Waals surface area contributed by atoms with Gasteiger partial charge < -0.3 is 9.47 Å². The van der Waals surface area contributed by atoms with Crippen LogP contribution in [-0.2, 0) is 9.47 Å². The Morgan fingerprint density at radius 2 is 1.14 bits per heavy atom. The van der Waals surface area contributed by atoms with E-state index >= 15 is 0 Å². The number of benzene rings is 1. The van der Waals surface area contributed by atoms with Gasteiger partial charge in [-0.15, -0.1) is 22.7 Å². The molecule has 3 rings (SSSR count). The predicted molar refractivity (Wildman–Crippen MR) is 114 cm³/mol. The van der Waals surface area contributed by atoms with Gasteiger partial charge in [-0.1, -0.05) is 0 Å². The zero-order valence-electron chi connectivity index (χ0n) is 16.3. The molecule has 0 radical (unpaired) electrons. The van der Waals surface area contributed by atoms with Crippen LogP contribution in [-0.4, -0.2) is 25.2 Å². The maximum atomic E-state index is 12.7. The highest BCUT2D eigenvalue weighted by Crippen LogP contribution is 2.38. The van der Waals surface area contributed by atoms with Crippen LogP contribution in [0.25, 0.3) is 20.9 Å². The number of thiophene rings is 2. The molecule has 0 bridgehead atoms. The van der Waals surface area contributed by atoms with Gasteiger partial charge in [0, 0.05) is 20.9 Å². The number of carbonyl (C=O) groups excluding carboxylic acids is 2. The van der Waals surface area contributed by atoms with Crippen LogP contribution in [0.15, 0.2) is 35.0 Å². The summed E-state index contributed by atoms with van der Waals surface area (Å²) in [6, 6.07) is 7.54. The van der Waals surface area contributed by atoms with E-state index in [0.29, 0.717) is 22.3 Å². The molecule has 3 aromatic rings. The Balaban J connectivity index is 2.27. The van der Waals surface area contributed by atoms with E-state index in [1.54, 1.807) is 26.0 Å². The Kier molecular flexibility index (Phi) is 6.31. The van der Waals surface area contributed by atoms with Gasteiger partial charge >= 0.3 is 11.9 Å². The summed E-state index contributed by atoms with van der Waals surface area (Å²) in [5.74, 6) is -0.790. The minimum absolute atomic E-state index is 0.287. The summed E-state index contributed by atoms with van der Waals surface area (Å²) >= 11 is 3.07. The molecule has 0 amide bonds. The topological polar surface area (TPSA) is 52.6 Å². The summed E-state index contributed by atoms with van der Waals surface area (Å²) in [4.78, 5) is 27.3. The van der Waals surface area contributed by atoms with Crippen LogP contribution in [0.3, 0.4) is 0 Å². The average molecular weight is 415 g/mol. The first-order chi connectivity index (χ1) is 13.4. The van der Waals surface area contributed by atoms with E-state index in [0.717, 1.165) is 20.9 Å². The number of esters is 2. The zero-order chi connectivity index (χ0) is 20.3. The highest BCUT2D eigenvalue weighted by atomic mass is 32.1. The number of aryl methyl sites for hydroxylation is 2. The fourth-order valence-corrected chi connectivity index (χ4v) is 4.77. The third-order valence-corrected chi connectivity index (χ3v) is 6.30. The third-order valence-electron chi connectivity index (χ3n) is 4.14. The van der Waals surface area contributed by atoms with Gasteiger partial charge in [0.25, 0.3) is 0 Å². The van der Waals surface area contributed by atoms with Crippen LogP contribution in [0.4, 0.5) is 0 Å². The Bertz CT molecular complexity index is 931. The highest BCUT2D eigenvalue weighted by molar-refractivity contribution is 7.14. The molecule has 0 unspecified atom stereocenters. The number of hydrogen-bond acceptors (Lipinski definition) is 6. The van der Waals surface area contributed by atoms with Crippen LogP contribution >= 0.6 is 22.7 Å². The molecule has 28 heavy (non-hydrogen) atoms. The second kappa shape index (κ2) is 8.71. The predicted octanol–water partition coefficient (Wildman–Crippen LogP) is 6.11. The van der Waals surface area contributed by atoms with Gasteiger partial charge in [-0.05, 0) is 73.8 Å². The largest absolute Gasteiger partial charge is 0.462 e. The van der Waals surface area contributed by atoms with E-state index < -0.39 is 11.9 Å². The Morgan fingerprint density at radius 3 is 1.43 bits per heavy atom. The van der Waals surface area contributed by atoms with E-state index in [4.69, 9.17) is 9.47 Å². The first-order valence-corrected chi connectivity index (χ1v) is 10.8. The van der Waals surface area contributed by atoms with E-state index in [1.807, 2.05) is 36.7 Å². The van der Waals surface area contributed by atoms with Crippen molar-refractivity contribution in [3.63, 3.8) is 0 Å². The first-order valence-electron chi connectivity index (χ1n) is 9.07. The summed E-state index contributed by atoms with van der Waals surface area (Å²) in [5, 5.41) is 4.04. The van der Waals surface area contributed by atoms with E-state index in [-0.39, 0.29) is 13.2 Å². The second-order valence-corrected chi connectivity index (χ2v) is 8.18. The molecule has 0 fully saturated rings. The zero-order valence-corrected chi connectivity index (χ0v) is 18.0. The lowest BCUT2D eigenvalue weighted by atomic mass is 9.95. The summed E-state index contributed by atoms with van der Waals surface area (Å²) in [7, 11) is 0. The molecular weight excluding hydrogens is 392 g/mol. The van der Waals surface area contributed by atoms with E-state index in [2.05, 4.69) is 0 Å². The van der Waals surface area contributed by atoms with Crippen LogP contribution < -0.4 is 0 Å². The Labute approximate surface area is 172 Å². The van der Waals surface area contributed by atoms with Crippen LogP contribution in [0.1, 0.15) is 45.7 Å². The van der Waals surface area contributed by atoms with Crippen molar-refractivity contribution in [3.8, 4) is 20.9 Å². The van der Waals surface area contributed by atoms with Gasteiger partial charge in [-0.25, -0.2) is 9.59 Å². The first kappa shape index (κ1) is 20.3. The SMILES string of the molecule is CCOC(=O)c1cc(-c2cc(C)cs2)c(C(=O)OCC)cc1-c1cc(C)cs1. The molecule has 0 N–H and O–H groups in total. The molecule has 2 aromatic heterocycles. The normalized spacial score (nSPS) is 10.7. The van der Waals surface area contributed by atoms with Gasteiger partial charge in [-0.2, -0.15) is 0 Å². The number of hydrogen-bond donors (Lipinski definition) is 0. The molecule has 146 valence electrons. The third kappa shape index (κ3) is 4.18. The molecule has 0 saturated carbocycles. The standard InChI is InChI=1S/C22H22O4S2/c1-5-25-21(23)17-9-16(20-8-14(4)12-28-20)18(22(24)26-6-2)10-15(17)19-7-13(3)11-27-19/h7-12H,5-6H2,1-4H3. The van der Waals surface area contributed by atoms with Crippen LogP contribution in [0.2, 0.25) is 0 Å². The van der Waals surface area contributed by atoms with Crippen molar-refractivity contribution in [1.82, 2.24) is 0 Å². The van der Waals surface area contributed by atoms with Crippen molar-refractivity contribution in [2.24, 2.45) is 0 Å². The van der Waals surface area contributed by atoms with Crippen LogP contribution in [0.5, 0.6) is 0 Å². The van der Waals surface area contributed by atoms with Crippen molar-refractivity contribution in [1.29, 1.82) is 0 Å². The fraction of sp³-hybridized carbons (Fsp3) is 0.273. The van der Waals surface area contributed by atoms with Crippen LogP contribution in [0, 0.1) is 13.8 Å². The minimum atomic E-state index is -0.395. The molecule has 4 nitrogen and oxygen atoms in total. The maximum absolute atomic E-state index is 12.7. The summed E-state index contributed by atoms with van der Waals surface area (Å²) in [6.45, 7) is 8.13. The molecule has 2 heterocycles. The molecular formula is C22H22O4S2. The quantitative estimate of drug-likeness (QED) is 0.456. The molecule has 0 atom stereocenters. The number of carbonyl (C=O) groups is 2. The lowest BCUT2D eigenvalue weighted by Gasteiger charge is -2.14. The van der Waals surface area contributed by atoms with Gasteiger partial charge in [0.1, 0.15) is 0 Å². The van der Waals surface area contributed by atoms with Gasteiger partial charge in [0.05, 0.1) is 24.3 Å². The van der Waals surface area contributed by atoms with Crippen molar-refractivity contribution in [2.45, 2.75) is 27.7 Å². The molecule has 1 aromatic carbocycles. The Hall–Kier alpha value is -2.44. The summed E-state index contributed by atoms with van der Waals surface area (Å²) < 4.78 is 10.6. The molecule has 0 aliphatic carbocycles. The summed E-state index contributed by atoms with van der Waals surface area (Å²) in [5.41, 5.74) is 4.50. The fourth-order valence-electron chi connectivity index (χ4n) is 2.91. The van der Waals surface area contributed by atoms with Gasteiger partial charge in [0.2, 0.25) is 0 Å². The molecule has 0 saturated heterocycles. The van der Waals surface area contributed by atoms with Crippen molar-refractivity contribution in [3.05, 3.63) is 57.3 Å². The Morgan fingerprint density at radius 1 is 0.750 bits per heavy atom. The lowest BCUT2D eigenvalue weighted by Crippen LogP contribution is -2.11. The smallest absolute Gasteiger partial charge is 0.338 e. The van der Waals surface area contributed by atoms with Gasteiger partial charge in [-0.3, -0.25) is 0 Å². The van der Waals surface area contributed by atoms with E-state index in [1.165, 1.54) is 22.7 Å². The molecule has 0 aliphatic heterocycles.